The van der Waals surface area contributed by atoms with Gasteiger partial charge in [0.05, 0.1) is 16.5 Å². The first-order chi connectivity index (χ1) is 12.4. The van der Waals surface area contributed by atoms with Crippen molar-refractivity contribution >= 4 is 29.4 Å². The molecule has 0 radical (unpaired) electrons. The zero-order valence-electron chi connectivity index (χ0n) is 13.8. The second-order valence-electron chi connectivity index (χ2n) is 6.38. The lowest BCUT2D eigenvalue weighted by Crippen LogP contribution is -2.10. The number of Topliss-reactive ketones (excluding diaryl/α,β-unsaturated/α-hetero) is 1. The molecule has 0 spiro atoms. The fourth-order valence-corrected chi connectivity index (χ4v) is 3.05. The first-order valence-corrected chi connectivity index (χ1v) is 8.56. The number of benzene rings is 2. The Balaban J connectivity index is 1.67. The number of fused-ring (bicyclic) bond motifs is 1. The number of carbonyl (C=O) groups excluding carboxylic acids is 2. The first kappa shape index (κ1) is 16.8. The minimum Gasteiger partial charge on any atom is -0.452 e. The van der Waals surface area contributed by atoms with Gasteiger partial charge in [-0.3, -0.25) is 9.59 Å². The van der Waals surface area contributed by atoms with E-state index < -0.39 is 5.82 Å². The lowest BCUT2D eigenvalue weighted by Gasteiger charge is -2.07. The number of aryl methyl sites for hydroxylation is 1. The molecule has 1 aliphatic carbocycles. The minimum absolute atomic E-state index is 0.0271. The molecule has 0 aromatic heterocycles. The highest BCUT2D eigenvalue weighted by atomic mass is 35.5. The van der Waals surface area contributed by atoms with Gasteiger partial charge in [0, 0.05) is 11.6 Å². The fraction of sp³-hybridized carbons (Fsp3) is 0.200. The zero-order valence-corrected chi connectivity index (χ0v) is 14.6. The van der Waals surface area contributed by atoms with E-state index in [1.165, 1.54) is 30.3 Å². The second-order valence-corrected chi connectivity index (χ2v) is 6.79. The molecule has 0 unspecified atom stereocenters. The van der Waals surface area contributed by atoms with Crippen molar-refractivity contribution in [2.45, 2.75) is 19.8 Å². The van der Waals surface area contributed by atoms with Crippen molar-refractivity contribution in [3.63, 3.8) is 0 Å². The molecular formula is C20H14ClFO4. The van der Waals surface area contributed by atoms with Gasteiger partial charge in [-0.2, -0.15) is 0 Å². The molecule has 4 rings (SSSR count). The smallest absolute Gasteiger partial charge is 0.314 e. The third kappa shape index (κ3) is 2.99. The van der Waals surface area contributed by atoms with Gasteiger partial charge in [-0.15, -0.1) is 0 Å². The van der Waals surface area contributed by atoms with E-state index in [4.69, 9.17) is 21.1 Å². The molecule has 6 heteroatoms. The lowest BCUT2D eigenvalue weighted by atomic mass is 10.0. The van der Waals surface area contributed by atoms with Crippen LogP contribution in [0.15, 0.2) is 36.1 Å². The number of esters is 1. The summed E-state index contributed by atoms with van der Waals surface area (Å²) < 4.78 is 24.9. The molecule has 0 saturated heterocycles. The average Bonchev–Trinajstić information content (AvgIpc) is 3.37. The number of rotatable bonds is 3. The minimum atomic E-state index is -0.548. The molecule has 1 saturated carbocycles. The van der Waals surface area contributed by atoms with Crippen molar-refractivity contribution in [2.24, 2.45) is 5.92 Å². The topological polar surface area (TPSA) is 52.6 Å². The molecule has 26 heavy (non-hydrogen) atoms. The van der Waals surface area contributed by atoms with Gasteiger partial charge < -0.3 is 9.47 Å². The van der Waals surface area contributed by atoms with Crippen LogP contribution in [-0.4, -0.2) is 11.8 Å². The molecule has 132 valence electrons. The molecule has 4 nitrogen and oxygen atoms in total. The predicted octanol–water partition coefficient (Wildman–Crippen LogP) is 4.72. The third-order valence-electron chi connectivity index (χ3n) is 4.35. The number of carbonyl (C=O) groups is 2. The van der Waals surface area contributed by atoms with E-state index in [9.17, 15) is 14.0 Å². The lowest BCUT2D eigenvalue weighted by molar-refractivity contribution is -0.135. The highest BCUT2D eigenvalue weighted by Gasteiger charge is 2.34. The summed E-state index contributed by atoms with van der Waals surface area (Å²) in [6.45, 7) is 1.73. The number of ether oxygens (including phenoxy) is 2. The summed E-state index contributed by atoms with van der Waals surface area (Å²) in [7, 11) is 0. The van der Waals surface area contributed by atoms with Crippen LogP contribution in [0.4, 0.5) is 4.39 Å². The molecule has 0 bridgehead atoms. The van der Waals surface area contributed by atoms with Crippen molar-refractivity contribution in [1.82, 2.24) is 0 Å². The Bertz CT molecular complexity index is 956. The molecule has 2 aliphatic rings. The van der Waals surface area contributed by atoms with Crippen LogP contribution in [0, 0.1) is 18.7 Å². The van der Waals surface area contributed by atoms with Crippen LogP contribution in [0.5, 0.6) is 11.5 Å². The monoisotopic (exact) mass is 372 g/mol. The fourth-order valence-electron chi connectivity index (χ4n) is 2.83. The van der Waals surface area contributed by atoms with E-state index in [1.54, 1.807) is 13.0 Å². The number of ketones is 1. The molecule has 2 aromatic carbocycles. The van der Waals surface area contributed by atoms with Gasteiger partial charge >= 0.3 is 5.97 Å². The van der Waals surface area contributed by atoms with E-state index in [-0.39, 0.29) is 39.8 Å². The van der Waals surface area contributed by atoms with Gasteiger partial charge in [-0.05, 0) is 49.6 Å². The number of hydrogen-bond donors (Lipinski definition) is 0. The largest absolute Gasteiger partial charge is 0.452 e. The Morgan fingerprint density at radius 2 is 2.12 bits per heavy atom. The maximum atomic E-state index is 14.0. The van der Waals surface area contributed by atoms with Gasteiger partial charge in [0.2, 0.25) is 5.78 Å². The number of allylic oxidation sites excluding steroid dienone is 1. The SMILES string of the molecule is Cc1cc(OC(=O)C2CC2)cc2c1C(=O)/C(=C/c1c(F)cccc1Cl)O2. The summed E-state index contributed by atoms with van der Waals surface area (Å²) in [5.41, 5.74) is 1.08. The number of halogens is 2. The van der Waals surface area contributed by atoms with Gasteiger partial charge in [-0.1, -0.05) is 17.7 Å². The summed E-state index contributed by atoms with van der Waals surface area (Å²) in [6, 6.07) is 7.40. The summed E-state index contributed by atoms with van der Waals surface area (Å²) in [6.07, 6.45) is 2.97. The van der Waals surface area contributed by atoms with Crippen molar-refractivity contribution < 1.29 is 23.5 Å². The quantitative estimate of drug-likeness (QED) is 0.444. The van der Waals surface area contributed by atoms with Crippen LogP contribution >= 0.6 is 11.6 Å². The Labute approximate surface area is 154 Å². The van der Waals surface area contributed by atoms with Crippen LogP contribution in [0.2, 0.25) is 5.02 Å². The molecule has 0 amide bonds. The highest BCUT2D eigenvalue weighted by molar-refractivity contribution is 6.32. The van der Waals surface area contributed by atoms with E-state index in [0.29, 0.717) is 16.9 Å². The van der Waals surface area contributed by atoms with Crippen LogP contribution in [0.25, 0.3) is 6.08 Å². The Hall–Kier alpha value is -2.66. The van der Waals surface area contributed by atoms with Crippen molar-refractivity contribution in [2.75, 3.05) is 0 Å². The summed E-state index contributed by atoms with van der Waals surface area (Å²) >= 11 is 6.01. The molecule has 1 heterocycles. The zero-order chi connectivity index (χ0) is 18.4. The van der Waals surface area contributed by atoms with Gasteiger partial charge in [0.25, 0.3) is 0 Å². The van der Waals surface area contributed by atoms with Gasteiger partial charge in [0.1, 0.15) is 17.3 Å². The molecule has 2 aromatic rings. The molecule has 1 aliphatic heterocycles. The van der Waals surface area contributed by atoms with E-state index >= 15 is 0 Å². The summed E-state index contributed by atoms with van der Waals surface area (Å²) in [4.78, 5) is 24.5. The molecule has 0 N–H and O–H groups in total. The highest BCUT2D eigenvalue weighted by Crippen LogP contribution is 2.39. The standard InChI is InChI=1S/C20H14ClFO4/c1-10-7-12(25-20(24)11-5-6-11)8-16-18(10)19(23)17(26-16)9-13-14(21)3-2-4-15(13)22/h2-4,7-9,11H,5-6H2,1H3/b17-9-. The van der Waals surface area contributed by atoms with Gasteiger partial charge in [-0.25, -0.2) is 4.39 Å². The predicted molar refractivity (Wildman–Crippen MR) is 93.9 cm³/mol. The Morgan fingerprint density at radius 3 is 2.81 bits per heavy atom. The summed E-state index contributed by atoms with van der Waals surface area (Å²) in [5.74, 6) is -0.637. The van der Waals surface area contributed by atoms with Crippen LogP contribution in [0.3, 0.4) is 0 Å². The first-order valence-electron chi connectivity index (χ1n) is 8.18. The van der Waals surface area contributed by atoms with E-state index in [0.717, 1.165) is 12.8 Å². The van der Waals surface area contributed by atoms with Crippen LogP contribution in [-0.2, 0) is 4.79 Å². The molecular weight excluding hydrogens is 359 g/mol. The Kier molecular flexibility index (Phi) is 4.04. The molecule has 1 fully saturated rings. The average molecular weight is 373 g/mol. The summed E-state index contributed by atoms with van der Waals surface area (Å²) in [5, 5.41) is 0.181. The van der Waals surface area contributed by atoms with Crippen LogP contribution in [0.1, 0.15) is 34.3 Å². The van der Waals surface area contributed by atoms with Crippen molar-refractivity contribution in [3.05, 3.63) is 63.6 Å². The van der Waals surface area contributed by atoms with E-state index in [1.807, 2.05) is 0 Å². The van der Waals surface area contributed by atoms with Crippen LogP contribution < -0.4 is 9.47 Å². The second kappa shape index (κ2) is 6.25. The Morgan fingerprint density at radius 1 is 1.35 bits per heavy atom. The normalized spacial score (nSPS) is 17.2. The van der Waals surface area contributed by atoms with Gasteiger partial charge in [0.15, 0.2) is 5.76 Å². The van der Waals surface area contributed by atoms with Crippen molar-refractivity contribution in [1.29, 1.82) is 0 Å². The third-order valence-corrected chi connectivity index (χ3v) is 4.68. The maximum absolute atomic E-state index is 14.0. The van der Waals surface area contributed by atoms with E-state index in [2.05, 4.69) is 0 Å². The maximum Gasteiger partial charge on any atom is 0.314 e. The number of hydrogen-bond acceptors (Lipinski definition) is 4. The van der Waals surface area contributed by atoms with Crippen molar-refractivity contribution in [3.8, 4) is 11.5 Å². The molecule has 0 atom stereocenters.